The topological polar surface area (TPSA) is 69.3 Å². The van der Waals surface area contributed by atoms with Crippen LogP contribution in [0.1, 0.15) is 78.5 Å². The summed E-state index contributed by atoms with van der Waals surface area (Å²) in [7, 11) is 0. The number of rotatable bonds is 8. The van der Waals surface area contributed by atoms with Crippen LogP contribution in [0.4, 0.5) is 8.78 Å². The lowest BCUT2D eigenvalue weighted by atomic mass is 10.0. The van der Waals surface area contributed by atoms with E-state index >= 15 is 0 Å². The number of nitrogens with zero attached hydrogens (tertiary/aromatic N) is 2. The Labute approximate surface area is 214 Å². The summed E-state index contributed by atoms with van der Waals surface area (Å²) >= 11 is 0. The number of carbonyl (C=O) groups is 1. The second-order valence-electron chi connectivity index (χ2n) is 10.1. The number of halogens is 2. The van der Waals surface area contributed by atoms with Gasteiger partial charge in [-0.15, -0.1) is 0 Å². The third-order valence-electron chi connectivity index (χ3n) is 6.89. The van der Waals surface area contributed by atoms with Gasteiger partial charge in [-0.05, 0) is 68.4 Å². The van der Waals surface area contributed by atoms with Crippen molar-refractivity contribution in [2.24, 2.45) is 0 Å². The molecule has 1 saturated carbocycles. The minimum Gasteiger partial charge on any atom is -0.490 e. The molecule has 5 rings (SSSR count). The summed E-state index contributed by atoms with van der Waals surface area (Å²) in [5.41, 5.74) is 3.52. The van der Waals surface area contributed by atoms with Crippen molar-refractivity contribution in [1.82, 2.24) is 15.0 Å². The van der Waals surface area contributed by atoms with Crippen molar-refractivity contribution < 1.29 is 22.8 Å². The molecule has 0 spiro atoms. The van der Waals surface area contributed by atoms with E-state index < -0.39 is 11.6 Å². The van der Waals surface area contributed by atoms with E-state index in [1.165, 1.54) is 18.9 Å². The third kappa shape index (κ3) is 5.24. The Balaban J connectivity index is 1.55. The summed E-state index contributed by atoms with van der Waals surface area (Å²) in [6, 6.07) is 11.4. The maximum absolute atomic E-state index is 13.7. The zero-order valence-corrected chi connectivity index (χ0v) is 21.3. The van der Waals surface area contributed by atoms with Gasteiger partial charge in [0, 0.05) is 29.8 Å². The molecule has 8 heteroatoms. The van der Waals surface area contributed by atoms with Crippen LogP contribution in [0.5, 0.6) is 5.75 Å². The number of hydrogen-bond acceptors (Lipinski definition) is 4. The fourth-order valence-electron chi connectivity index (χ4n) is 5.20. The standard InChI is InChI=1S/C29H31F2N3O3/c1-17(2)28-27(29(35)32-15-19-8-11-24(30)25(31)13-19)23-10-9-22(36-21-6-4-5-7-21)14-26(23)34(28)16-20-12-18(3)37-33-20/h8-14,17,21H,4-7,15-16H2,1-3H3,(H,32,35). The van der Waals surface area contributed by atoms with Crippen LogP contribution in [0.15, 0.2) is 47.0 Å². The molecule has 194 valence electrons. The highest BCUT2D eigenvalue weighted by molar-refractivity contribution is 6.09. The van der Waals surface area contributed by atoms with E-state index in [0.717, 1.165) is 53.0 Å². The van der Waals surface area contributed by atoms with Crippen molar-refractivity contribution in [3.05, 3.63) is 82.4 Å². The molecular weight excluding hydrogens is 476 g/mol. The van der Waals surface area contributed by atoms with Gasteiger partial charge in [0.2, 0.25) is 0 Å². The smallest absolute Gasteiger partial charge is 0.254 e. The van der Waals surface area contributed by atoms with E-state index in [2.05, 4.69) is 15.0 Å². The van der Waals surface area contributed by atoms with Crippen LogP contribution in [0.3, 0.4) is 0 Å². The summed E-state index contributed by atoms with van der Waals surface area (Å²) in [5, 5.41) is 7.87. The average molecular weight is 508 g/mol. The lowest BCUT2D eigenvalue weighted by Crippen LogP contribution is -2.24. The molecule has 2 heterocycles. The first kappa shape index (κ1) is 25.0. The van der Waals surface area contributed by atoms with Gasteiger partial charge in [0.25, 0.3) is 5.91 Å². The summed E-state index contributed by atoms with van der Waals surface area (Å²) in [4.78, 5) is 13.6. The van der Waals surface area contributed by atoms with Crippen LogP contribution in [0.2, 0.25) is 0 Å². The van der Waals surface area contributed by atoms with Crippen LogP contribution < -0.4 is 10.1 Å². The minimum absolute atomic E-state index is 0.0172. The van der Waals surface area contributed by atoms with Gasteiger partial charge in [-0.1, -0.05) is 25.1 Å². The van der Waals surface area contributed by atoms with E-state index in [9.17, 15) is 13.6 Å². The molecule has 1 aliphatic rings. The molecule has 4 aromatic rings. The first-order chi connectivity index (χ1) is 17.8. The molecule has 0 radical (unpaired) electrons. The molecule has 0 saturated heterocycles. The van der Waals surface area contributed by atoms with Crippen molar-refractivity contribution >= 4 is 16.8 Å². The fourth-order valence-corrected chi connectivity index (χ4v) is 5.20. The molecule has 2 aromatic heterocycles. The first-order valence-electron chi connectivity index (χ1n) is 12.8. The van der Waals surface area contributed by atoms with Crippen LogP contribution >= 0.6 is 0 Å². The Kier molecular flexibility index (Phi) is 7.00. The summed E-state index contributed by atoms with van der Waals surface area (Å²) in [5.74, 6) is -0.629. The number of benzene rings is 2. The molecule has 0 bridgehead atoms. The van der Waals surface area contributed by atoms with E-state index in [0.29, 0.717) is 23.4 Å². The number of aryl methyl sites for hydroxylation is 1. The van der Waals surface area contributed by atoms with Crippen molar-refractivity contribution in [1.29, 1.82) is 0 Å². The maximum atomic E-state index is 13.7. The summed E-state index contributed by atoms with van der Waals surface area (Å²) in [6.45, 7) is 6.44. The van der Waals surface area contributed by atoms with Gasteiger partial charge in [-0.3, -0.25) is 4.79 Å². The summed E-state index contributed by atoms with van der Waals surface area (Å²) < 4.78 is 40.7. The first-order valence-corrected chi connectivity index (χ1v) is 12.8. The molecule has 0 aliphatic heterocycles. The quantitative estimate of drug-likeness (QED) is 0.290. The average Bonchev–Trinajstić information content (AvgIpc) is 3.60. The normalized spacial score (nSPS) is 14.1. The highest BCUT2D eigenvalue weighted by Crippen LogP contribution is 2.35. The number of aromatic nitrogens is 2. The van der Waals surface area contributed by atoms with Crippen LogP contribution in [0.25, 0.3) is 10.9 Å². The molecule has 37 heavy (non-hydrogen) atoms. The van der Waals surface area contributed by atoms with Crippen LogP contribution in [-0.2, 0) is 13.1 Å². The lowest BCUT2D eigenvalue weighted by Gasteiger charge is -2.15. The van der Waals surface area contributed by atoms with Gasteiger partial charge >= 0.3 is 0 Å². The molecule has 1 N–H and O–H groups in total. The Bertz CT molecular complexity index is 1430. The number of carbonyl (C=O) groups excluding carboxylic acids is 1. The maximum Gasteiger partial charge on any atom is 0.254 e. The highest BCUT2D eigenvalue weighted by Gasteiger charge is 2.26. The van der Waals surface area contributed by atoms with E-state index in [1.807, 2.05) is 45.0 Å². The molecule has 1 amide bonds. The van der Waals surface area contributed by atoms with Gasteiger partial charge < -0.3 is 19.1 Å². The number of fused-ring (bicyclic) bond motifs is 1. The number of nitrogens with one attached hydrogen (secondary N) is 1. The Hall–Kier alpha value is -3.68. The predicted octanol–water partition coefficient (Wildman–Crippen LogP) is 6.64. The zero-order valence-electron chi connectivity index (χ0n) is 21.3. The largest absolute Gasteiger partial charge is 0.490 e. The predicted molar refractivity (Wildman–Crippen MR) is 137 cm³/mol. The number of ether oxygens (including phenoxy) is 1. The van der Waals surface area contributed by atoms with Crippen molar-refractivity contribution in [2.75, 3.05) is 0 Å². The lowest BCUT2D eigenvalue weighted by molar-refractivity contribution is 0.0951. The van der Waals surface area contributed by atoms with Crippen LogP contribution in [-0.4, -0.2) is 21.7 Å². The van der Waals surface area contributed by atoms with Gasteiger partial charge in [0.15, 0.2) is 11.6 Å². The molecular formula is C29H31F2N3O3. The molecule has 0 atom stereocenters. The minimum atomic E-state index is -0.941. The van der Waals surface area contributed by atoms with Crippen LogP contribution in [0, 0.1) is 18.6 Å². The number of amides is 1. The van der Waals surface area contributed by atoms with Gasteiger partial charge in [0.1, 0.15) is 17.2 Å². The van der Waals surface area contributed by atoms with E-state index in [4.69, 9.17) is 9.26 Å². The van der Waals surface area contributed by atoms with Crippen molar-refractivity contribution in [3.8, 4) is 5.75 Å². The van der Waals surface area contributed by atoms with Gasteiger partial charge in [-0.2, -0.15) is 0 Å². The Morgan fingerprint density at radius 2 is 1.92 bits per heavy atom. The second-order valence-corrected chi connectivity index (χ2v) is 10.1. The molecule has 0 unspecified atom stereocenters. The second kappa shape index (κ2) is 10.4. The third-order valence-corrected chi connectivity index (χ3v) is 6.89. The van der Waals surface area contributed by atoms with Crippen molar-refractivity contribution in [2.45, 2.75) is 71.6 Å². The Morgan fingerprint density at radius 3 is 2.59 bits per heavy atom. The van der Waals surface area contributed by atoms with E-state index in [1.54, 1.807) is 0 Å². The van der Waals surface area contributed by atoms with Crippen molar-refractivity contribution in [3.63, 3.8) is 0 Å². The monoisotopic (exact) mass is 507 g/mol. The fraction of sp³-hybridized carbons (Fsp3) is 0.379. The highest BCUT2D eigenvalue weighted by atomic mass is 19.2. The molecule has 1 aliphatic carbocycles. The van der Waals surface area contributed by atoms with Gasteiger partial charge in [0.05, 0.1) is 23.7 Å². The SMILES string of the molecule is Cc1cc(Cn2c(C(C)C)c(C(=O)NCc3ccc(F)c(F)c3)c3ccc(OC4CCCC4)cc32)no1. The molecule has 6 nitrogen and oxygen atoms in total. The summed E-state index contributed by atoms with van der Waals surface area (Å²) in [6.07, 6.45) is 4.66. The van der Waals surface area contributed by atoms with Gasteiger partial charge in [-0.25, -0.2) is 8.78 Å². The number of hydrogen-bond donors (Lipinski definition) is 1. The molecule has 2 aromatic carbocycles. The zero-order chi connectivity index (χ0) is 26.1. The Morgan fingerprint density at radius 1 is 1.14 bits per heavy atom. The molecule has 1 fully saturated rings. The van der Waals surface area contributed by atoms with E-state index in [-0.39, 0.29) is 24.5 Å².